The highest BCUT2D eigenvalue weighted by Crippen LogP contribution is 2.41. The highest BCUT2D eigenvalue weighted by molar-refractivity contribution is 5.76. The Morgan fingerprint density at radius 2 is 2.03 bits per heavy atom. The summed E-state index contributed by atoms with van der Waals surface area (Å²) in [6, 6.07) is 9.80. The van der Waals surface area contributed by atoms with Crippen molar-refractivity contribution in [3.63, 3.8) is 0 Å². The van der Waals surface area contributed by atoms with Crippen molar-refractivity contribution in [2.24, 2.45) is 5.41 Å². The molecule has 1 atom stereocenters. The number of carbonyl (C=O) groups excluding carboxylic acids is 1. The Balaban J connectivity index is 1.52. The molecule has 1 N–H and O–H groups in total. The lowest BCUT2D eigenvalue weighted by atomic mass is 9.74. The van der Waals surface area contributed by atoms with Crippen LogP contribution in [0.4, 0.5) is 0 Å². The fourth-order valence-electron chi connectivity index (χ4n) is 4.19. The van der Waals surface area contributed by atoms with E-state index in [0.29, 0.717) is 13.0 Å². The van der Waals surface area contributed by atoms with Crippen LogP contribution in [0.5, 0.6) is 5.75 Å². The van der Waals surface area contributed by atoms with E-state index >= 15 is 0 Å². The summed E-state index contributed by atoms with van der Waals surface area (Å²) in [6.45, 7) is 7.01. The molecule has 3 aromatic rings. The van der Waals surface area contributed by atoms with Crippen LogP contribution in [0.25, 0.3) is 5.69 Å². The van der Waals surface area contributed by atoms with Crippen LogP contribution in [-0.2, 0) is 17.8 Å². The van der Waals surface area contributed by atoms with Crippen LogP contribution < -0.4 is 10.1 Å². The van der Waals surface area contributed by atoms with Gasteiger partial charge < -0.3 is 10.1 Å². The topological polar surface area (TPSA) is 74.0 Å². The van der Waals surface area contributed by atoms with Gasteiger partial charge in [-0.25, -0.2) is 4.68 Å². The molecule has 1 aliphatic rings. The minimum Gasteiger partial charge on any atom is -0.497 e. The molecule has 2 aromatic heterocycles. The zero-order valence-electron chi connectivity index (χ0n) is 18.1. The largest absolute Gasteiger partial charge is 0.497 e. The highest BCUT2D eigenvalue weighted by Gasteiger charge is 2.36. The van der Waals surface area contributed by atoms with Crippen molar-refractivity contribution in [2.75, 3.05) is 7.11 Å². The van der Waals surface area contributed by atoms with E-state index in [1.54, 1.807) is 7.11 Å². The number of fused-ring (bicyclic) bond motifs is 1. The Labute approximate surface area is 177 Å². The molecule has 1 amide bonds. The van der Waals surface area contributed by atoms with Crippen molar-refractivity contribution in [1.82, 2.24) is 24.9 Å². The molecule has 0 saturated carbocycles. The zero-order valence-corrected chi connectivity index (χ0v) is 18.1. The second-order valence-corrected chi connectivity index (χ2v) is 8.79. The molecule has 0 spiro atoms. The number of nitrogens with one attached hydrogen (secondary N) is 1. The van der Waals surface area contributed by atoms with Gasteiger partial charge in [0, 0.05) is 24.7 Å². The van der Waals surface area contributed by atoms with E-state index in [-0.39, 0.29) is 17.4 Å². The molecule has 0 aliphatic heterocycles. The molecule has 0 radical (unpaired) electrons. The average Bonchev–Trinajstić information content (AvgIpc) is 3.31. The number of hydrogen-bond acceptors (Lipinski definition) is 4. The van der Waals surface area contributed by atoms with E-state index < -0.39 is 0 Å². The average molecular weight is 408 g/mol. The summed E-state index contributed by atoms with van der Waals surface area (Å²) >= 11 is 0. The quantitative estimate of drug-likeness (QED) is 0.677. The number of aromatic nitrogens is 4. The summed E-state index contributed by atoms with van der Waals surface area (Å²) in [5.74, 6) is 0.853. The summed E-state index contributed by atoms with van der Waals surface area (Å²) < 4.78 is 9.07. The summed E-state index contributed by atoms with van der Waals surface area (Å²) in [5.41, 5.74) is 4.28. The molecular weight excluding hydrogens is 378 g/mol. The number of amides is 1. The molecule has 4 rings (SSSR count). The van der Waals surface area contributed by atoms with Gasteiger partial charge in [0.05, 0.1) is 36.4 Å². The fraction of sp³-hybridized carbons (Fsp3) is 0.435. The van der Waals surface area contributed by atoms with Crippen molar-refractivity contribution >= 4 is 5.91 Å². The van der Waals surface area contributed by atoms with Crippen molar-refractivity contribution in [3.8, 4) is 11.4 Å². The Hall–Kier alpha value is -3.09. The molecule has 7 heteroatoms. The molecular formula is C23H29N5O2. The smallest absolute Gasteiger partial charge is 0.222 e. The number of rotatable bonds is 6. The van der Waals surface area contributed by atoms with Crippen LogP contribution in [-0.4, -0.2) is 32.6 Å². The minimum absolute atomic E-state index is 0.0361. The van der Waals surface area contributed by atoms with Gasteiger partial charge in [0.2, 0.25) is 5.91 Å². The van der Waals surface area contributed by atoms with Crippen molar-refractivity contribution in [3.05, 3.63) is 59.7 Å². The Kier molecular flexibility index (Phi) is 5.37. The van der Waals surface area contributed by atoms with Crippen LogP contribution in [0.3, 0.4) is 0 Å². The first-order valence-electron chi connectivity index (χ1n) is 10.4. The highest BCUT2D eigenvalue weighted by atomic mass is 16.5. The molecule has 0 fully saturated rings. The minimum atomic E-state index is -0.0393. The van der Waals surface area contributed by atoms with E-state index in [1.807, 2.05) is 59.0 Å². The first kappa shape index (κ1) is 20.2. The molecule has 30 heavy (non-hydrogen) atoms. The molecule has 7 nitrogen and oxygen atoms in total. The summed E-state index contributed by atoms with van der Waals surface area (Å²) in [4.78, 5) is 12.7. The maximum Gasteiger partial charge on any atom is 0.222 e. The Bertz CT molecular complexity index is 1030. The molecule has 158 valence electrons. The fourth-order valence-corrected chi connectivity index (χ4v) is 4.19. The third kappa shape index (κ3) is 4.25. The second kappa shape index (κ2) is 7.97. The monoisotopic (exact) mass is 407 g/mol. The van der Waals surface area contributed by atoms with Crippen LogP contribution in [0.15, 0.2) is 42.7 Å². The van der Waals surface area contributed by atoms with Gasteiger partial charge in [0.1, 0.15) is 5.75 Å². The van der Waals surface area contributed by atoms with Gasteiger partial charge in [0.25, 0.3) is 0 Å². The van der Waals surface area contributed by atoms with Gasteiger partial charge >= 0.3 is 0 Å². The standard InChI is InChI=1S/C23H29N5O2/c1-16-9-11-27(26-16)12-10-22(29)25-20-13-23(2,3)14-21-19(20)15-24-28(21)17-5-7-18(30-4)8-6-17/h5-9,11,15,20H,10,12-14H2,1-4H3,(H,25,29)/t20-/m0/s1. The SMILES string of the molecule is COc1ccc(-n2ncc3c2CC(C)(C)C[C@@H]3NC(=O)CCn2ccc(C)n2)cc1. The van der Waals surface area contributed by atoms with E-state index in [4.69, 9.17) is 4.74 Å². The van der Waals surface area contributed by atoms with Crippen molar-refractivity contribution in [2.45, 2.75) is 52.6 Å². The van der Waals surface area contributed by atoms with Crippen LogP contribution >= 0.6 is 0 Å². The number of aryl methyl sites for hydroxylation is 2. The van der Waals surface area contributed by atoms with Crippen LogP contribution in [0.1, 0.15) is 49.7 Å². The molecule has 1 aromatic carbocycles. The Morgan fingerprint density at radius 3 is 2.70 bits per heavy atom. The third-order valence-electron chi connectivity index (χ3n) is 5.67. The van der Waals surface area contributed by atoms with E-state index in [2.05, 4.69) is 29.4 Å². The summed E-state index contributed by atoms with van der Waals surface area (Å²) in [6.07, 6.45) is 6.01. The maximum atomic E-state index is 12.7. The number of nitrogens with zero attached hydrogens (tertiary/aromatic N) is 4. The molecule has 0 saturated heterocycles. The first-order chi connectivity index (χ1) is 14.3. The normalized spacial score (nSPS) is 17.4. The number of benzene rings is 1. The first-order valence-corrected chi connectivity index (χ1v) is 10.4. The second-order valence-electron chi connectivity index (χ2n) is 8.79. The van der Waals surface area contributed by atoms with E-state index in [1.165, 1.54) is 0 Å². The van der Waals surface area contributed by atoms with Gasteiger partial charge in [-0.05, 0) is 55.5 Å². The van der Waals surface area contributed by atoms with Crippen LogP contribution in [0.2, 0.25) is 0 Å². The summed E-state index contributed by atoms with van der Waals surface area (Å²) in [5, 5.41) is 12.2. The lowest BCUT2D eigenvalue weighted by molar-refractivity contribution is -0.122. The number of hydrogen-bond donors (Lipinski definition) is 1. The third-order valence-corrected chi connectivity index (χ3v) is 5.67. The predicted molar refractivity (Wildman–Crippen MR) is 115 cm³/mol. The van der Waals surface area contributed by atoms with E-state index in [9.17, 15) is 4.79 Å². The summed E-state index contributed by atoms with van der Waals surface area (Å²) in [7, 11) is 1.66. The van der Waals surface area contributed by atoms with Gasteiger partial charge in [-0.1, -0.05) is 13.8 Å². The van der Waals surface area contributed by atoms with Gasteiger partial charge in [0.15, 0.2) is 0 Å². The number of carbonyl (C=O) groups is 1. The van der Waals surface area contributed by atoms with Crippen LogP contribution in [0, 0.1) is 12.3 Å². The molecule has 1 aliphatic carbocycles. The zero-order chi connectivity index (χ0) is 21.3. The Morgan fingerprint density at radius 1 is 1.27 bits per heavy atom. The molecule has 0 unspecified atom stereocenters. The van der Waals surface area contributed by atoms with Gasteiger partial charge in [-0.15, -0.1) is 0 Å². The predicted octanol–water partition coefficient (Wildman–Crippen LogP) is 3.61. The maximum absolute atomic E-state index is 12.7. The lowest BCUT2D eigenvalue weighted by Gasteiger charge is -2.36. The lowest BCUT2D eigenvalue weighted by Crippen LogP contribution is -2.37. The molecule has 0 bridgehead atoms. The molecule has 2 heterocycles. The van der Waals surface area contributed by atoms with Crippen molar-refractivity contribution in [1.29, 1.82) is 0 Å². The van der Waals surface area contributed by atoms with Gasteiger partial charge in [-0.2, -0.15) is 10.2 Å². The number of methoxy groups -OCH3 is 1. The van der Waals surface area contributed by atoms with E-state index in [0.717, 1.165) is 41.2 Å². The number of ether oxygens (including phenoxy) is 1. The van der Waals surface area contributed by atoms with Gasteiger partial charge in [-0.3, -0.25) is 9.48 Å². The van der Waals surface area contributed by atoms with Crippen molar-refractivity contribution < 1.29 is 9.53 Å².